The van der Waals surface area contributed by atoms with Crippen molar-refractivity contribution in [2.45, 2.75) is 19.1 Å². The van der Waals surface area contributed by atoms with Gasteiger partial charge in [0.15, 0.2) is 0 Å². The molecule has 2 atom stereocenters. The first-order valence-corrected chi connectivity index (χ1v) is 7.25. The Labute approximate surface area is 129 Å². The zero-order valence-electron chi connectivity index (χ0n) is 11.2. The summed E-state index contributed by atoms with van der Waals surface area (Å²) in [6, 6.07) is 15.0. The standard InChI is InChI=1S/C16H17Cl2NO/c1-11(14-4-2-3-5-15(14)18)19-10-16(20)12-6-8-13(17)9-7-12/h2-9,11,16,19-20H,10H2,1H3/t11-,16?/m1/s1. The van der Waals surface area contributed by atoms with Gasteiger partial charge in [-0.25, -0.2) is 0 Å². The molecule has 20 heavy (non-hydrogen) atoms. The zero-order chi connectivity index (χ0) is 14.5. The van der Waals surface area contributed by atoms with Crippen molar-refractivity contribution in [3.8, 4) is 0 Å². The largest absolute Gasteiger partial charge is 0.387 e. The number of aliphatic hydroxyl groups excluding tert-OH is 1. The molecule has 0 amide bonds. The molecule has 4 heteroatoms. The molecular formula is C16H17Cl2NO. The molecule has 0 spiro atoms. The average molecular weight is 310 g/mol. The maximum absolute atomic E-state index is 10.1. The molecule has 0 aliphatic rings. The molecule has 0 fully saturated rings. The van der Waals surface area contributed by atoms with E-state index in [-0.39, 0.29) is 6.04 Å². The van der Waals surface area contributed by atoms with Crippen LogP contribution < -0.4 is 5.32 Å². The second-order valence-electron chi connectivity index (χ2n) is 4.72. The highest BCUT2D eigenvalue weighted by Crippen LogP contribution is 2.23. The Hall–Kier alpha value is -1.06. The fourth-order valence-electron chi connectivity index (χ4n) is 2.03. The van der Waals surface area contributed by atoms with Gasteiger partial charge >= 0.3 is 0 Å². The summed E-state index contributed by atoms with van der Waals surface area (Å²) in [5, 5.41) is 14.8. The molecule has 0 saturated heterocycles. The zero-order valence-corrected chi connectivity index (χ0v) is 12.7. The Morgan fingerprint density at radius 1 is 1.05 bits per heavy atom. The first-order chi connectivity index (χ1) is 9.58. The third kappa shape index (κ3) is 3.97. The van der Waals surface area contributed by atoms with Gasteiger partial charge in [0.1, 0.15) is 0 Å². The van der Waals surface area contributed by atoms with Gasteiger partial charge in [-0.3, -0.25) is 0 Å². The second kappa shape index (κ2) is 7.09. The van der Waals surface area contributed by atoms with Gasteiger partial charge in [-0.1, -0.05) is 53.5 Å². The van der Waals surface area contributed by atoms with Gasteiger partial charge in [0.25, 0.3) is 0 Å². The van der Waals surface area contributed by atoms with Crippen LogP contribution in [-0.4, -0.2) is 11.7 Å². The lowest BCUT2D eigenvalue weighted by Crippen LogP contribution is -2.24. The van der Waals surface area contributed by atoms with Crippen molar-refractivity contribution in [2.24, 2.45) is 0 Å². The molecular weight excluding hydrogens is 293 g/mol. The lowest BCUT2D eigenvalue weighted by Gasteiger charge is -2.18. The molecule has 2 rings (SSSR count). The van der Waals surface area contributed by atoms with E-state index in [1.54, 1.807) is 12.1 Å². The van der Waals surface area contributed by atoms with Crippen molar-refractivity contribution in [1.82, 2.24) is 5.32 Å². The molecule has 0 saturated carbocycles. The van der Waals surface area contributed by atoms with Gasteiger partial charge in [0.2, 0.25) is 0 Å². The van der Waals surface area contributed by atoms with E-state index in [4.69, 9.17) is 23.2 Å². The van der Waals surface area contributed by atoms with Crippen molar-refractivity contribution in [2.75, 3.05) is 6.54 Å². The predicted molar refractivity (Wildman–Crippen MR) is 84.3 cm³/mol. The first kappa shape index (κ1) is 15.3. The number of rotatable bonds is 5. The fraction of sp³-hybridized carbons (Fsp3) is 0.250. The van der Waals surface area contributed by atoms with Gasteiger partial charge in [0.05, 0.1) is 6.10 Å². The highest BCUT2D eigenvalue weighted by atomic mass is 35.5. The topological polar surface area (TPSA) is 32.3 Å². The van der Waals surface area contributed by atoms with E-state index in [1.165, 1.54) is 0 Å². The molecule has 1 unspecified atom stereocenters. The van der Waals surface area contributed by atoms with Crippen LogP contribution in [0.15, 0.2) is 48.5 Å². The van der Waals surface area contributed by atoms with Crippen LogP contribution in [0.25, 0.3) is 0 Å². The monoisotopic (exact) mass is 309 g/mol. The Balaban J connectivity index is 1.95. The summed E-state index contributed by atoms with van der Waals surface area (Å²) in [5.74, 6) is 0. The predicted octanol–water partition coefficient (Wildman–Crippen LogP) is 4.38. The van der Waals surface area contributed by atoms with Gasteiger partial charge in [-0.05, 0) is 36.2 Å². The first-order valence-electron chi connectivity index (χ1n) is 6.49. The third-order valence-corrected chi connectivity index (χ3v) is 3.84. The van der Waals surface area contributed by atoms with E-state index in [2.05, 4.69) is 5.32 Å². The summed E-state index contributed by atoms with van der Waals surface area (Å²) in [7, 11) is 0. The molecule has 2 nitrogen and oxygen atoms in total. The minimum atomic E-state index is -0.572. The van der Waals surface area contributed by atoms with Gasteiger partial charge in [-0.2, -0.15) is 0 Å². The van der Waals surface area contributed by atoms with Crippen LogP contribution in [-0.2, 0) is 0 Å². The fourth-order valence-corrected chi connectivity index (χ4v) is 2.45. The summed E-state index contributed by atoms with van der Waals surface area (Å²) in [5.41, 5.74) is 1.87. The van der Waals surface area contributed by atoms with Crippen LogP contribution in [0, 0.1) is 0 Å². The number of hydrogen-bond acceptors (Lipinski definition) is 2. The highest BCUT2D eigenvalue weighted by molar-refractivity contribution is 6.31. The third-order valence-electron chi connectivity index (χ3n) is 3.24. The molecule has 2 N–H and O–H groups in total. The summed E-state index contributed by atoms with van der Waals surface area (Å²) in [6.45, 7) is 2.48. The van der Waals surface area contributed by atoms with Crippen molar-refractivity contribution in [3.63, 3.8) is 0 Å². The molecule has 0 bridgehead atoms. The van der Waals surface area contributed by atoms with Gasteiger partial charge < -0.3 is 10.4 Å². The Bertz CT molecular complexity index is 557. The smallest absolute Gasteiger partial charge is 0.0914 e. The average Bonchev–Trinajstić information content (AvgIpc) is 2.45. The van der Waals surface area contributed by atoms with E-state index in [0.29, 0.717) is 11.6 Å². The lowest BCUT2D eigenvalue weighted by molar-refractivity contribution is 0.171. The quantitative estimate of drug-likeness (QED) is 0.859. The van der Waals surface area contributed by atoms with Crippen LogP contribution in [0.3, 0.4) is 0 Å². The highest BCUT2D eigenvalue weighted by Gasteiger charge is 2.12. The Morgan fingerprint density at radius 3 is 2.35 bits per heavy atom. The van der Waals surface area contributed by atoms with Crippen molar-refractivity contribution < 1.29 is 5.11 Å². The number of nitrogens with one attached hydrogen (secondary N) is 1. The SMILES string of the molecule is C[C@@H](NCC(O)c1ccc(Cl)cc1)c1ccccc1Cl. The molecule has 0 aromatic heterocycles. The van der Waals surface area contributed by atoms with Crippen LogP contribution in [0.2, 0.25) is 10.0 Å². The molecule has 106 valence electrons. The molecule has 0 heterocycles. The summed E-state index contributed by atoms with van der Waals surface area (Å²) >= 11 is 12.0. The van der Waals surface area contributed by atoms with E-state index in [1.807, 2.05) is 43.3 Å². The Morgan fingerprint density at radius 2 is 1.70 bits per heavy atom. The van der Waals surface area contributed by atoms with Crippen LogP contribution >= 0.6 is 23.2 Å². The summed E-state index contributed by atoms with van der Waals surface area (Å²) < 4.78 is 0. The minimum Gasteiger partial charge on any atom is -0.387 e. The van der Waals surface area contributed by atoms with Crippen molar-refractivity contribution in [1.29, 1.82) is 0 Å². The molecule has 0 radical (unpaired) electrons. The van der Waals surface area contributed by atoms with Crippen LogP contribution in [0.4, 0.5) is 0 Å². The number of halogens is 2. The van der Waals surface area contributed by atoms with E-state index in [9.17, 15) is 5.11 Å². The van der Waals surface area contributed by atoms with Gasteiger partial charge in [-0.15, -0.1) is 0 Å². The van der Waals surface area contributed by atoms with E-state index >= 15 is 0 Å². The second-order valence-corrected chi connectivity index (χ2v) is 5.56. The maximum atomic E-state index is 10.1. The number of aliphatic hydroxyl groups is 1. The summed E-state index contributed by atoms with van der Waals surface area (Å²) in [4.78, 5) is 0. The van der Waals surface area contributed by atoms with Crippen molar-refractivity contribution >= 4 is 23.2 Å². The lowest BCUT2D eigenvalue weighted by atomic mass is 10.1. The minimum absolute atomic E-state index is 0.0747. The van der Waals surface area contributed by atoms with Crippen LogP contribution in [0.1, 0.15) is 30.2 Å². The van der Waals surface area contributed by atoms with Crippen molar-refractivity contribution in [3.05, 3.63) is 69.7 Å². The normalized spacial score (nSPS) is 14.0. The van der Waals surface area contributed by atoms with Crippen LogP contribution in [0.5, 0.6) is 0 Å². The molecule has 2 aromatic rings. The maximum Gasteiger partial charge on any atom is 0.0914 e. The number of hydrogen-bond donors (Lipinski definition) is 2. The number of benzene rings is 2. The molecule has 2 aromatic carbocycles. The van der Waals surface area contributed by atoms with E-state index in [0.717, 1.165) is 16.1 Å². The van der Waals surface area contributed by atoms with Gasteiger partial charge in [0, 0.05) is 22.6 Å². The Kier molecular flexibility index (Phi) is 5.44. The summed E-state index contributed by atoms with van der Waals surface area (Å²) in [6.07, 6.45) is -0.572. The molecule has 0 aliphatic heterocycles. The molecule has 0 aliphatic carbocycles. The van der Waals surface area contributed by atoms with E-state index < -0.39 is 6.10 Å².